The van der Waals surface area contributed by atoms with Crippen molar-refractivity contribution in [1.29, 1.82) is 0 Å². The van der Waals surface area contributed by atoms with Gasteiger partial charge in [0, 0.05) is 19.5 Å². The highest BCUT2D eigenvalue weighted by Gasteiger charge is 3.00. The molecule has 0 saturated heterocycles. The molecule has 0 aliphatic rings. The van der Waals surface area contributed by atoms with Crippen molar-refractivity contribution in [3.8, 4) is 0 Å². The van der Waals surface area contributed by atoms with Crippen LogP contribution in [-0.2, 0) is 20.1 Å². The maximum Gasteiger partial charge on any atom is 0.460 e. The molecule has 1 atom stereocenters. The smallest absolute Gasteiger partial charge is 0.391 e. The van der Waals surface area contributed by atoms with Crippen molar-refractivity contribution in [3.63, 3.8) is 0 Å². The lowest BCUT2D eigenvalue weighted by molar-refractivity contribution is -0.890. The second-order valence-electron chi connectivity index (χ2n) is 12.5. The highest BCUT2D eigenvalue weighted by molar-refractivity contribution is 7.90. The summed E-state index contributed by atoms with van der Waals surface area (Å²) in [6.45, 7) is -6.07. The number of hydrogen-bond acceptors (Lipinski definition) is 6. The Morgan fingerprint density at radius 3 is 1.09 bits per heavy atom. The third kappa shape index (κ3) is 8.69. The van der Waals surface area contributed by atoms with Crippen LogP contribution in [0.3, 0.4) is 0 Å². The fraction of sp³-hybridized carbons (Fsp3) is 1.00. The average molecular weight is 968 g/mol. The van der Waals surface area contributed by atoms with E-state index in [2.05, 4.69) is 0 Å². The first-order valence-corrected chi connectivity index (χ1v) is 17.1. The predicted octanol–water partition coefficient (Wildman–Crippen LogP) is 5.83. The van der Waals surface area contributed by atoms with E-state index in [4.69, 9.17) is 9.66 Å². The zero-order valence-electron chi connectivity index (χ0n) is 27.7. The maximum absolute atomic E-state index is 14.9. The summed E-state index contributed by atoms with van der Waals surface area (Å²) in [6.07, 6.45) is -12.5. The van der Waals surface area contributed by atoms with Crippen LogP contribution < -0.4 is 0 Å². The Hall–Kier alpha value is -2.05. The van der Waals surface area contributed by atoms with Crippen molar-refractivity contribution in [1.82, 2.24) is 4.31 Å². The molecule has 0 fully saturated rings. The summed E-state index contributed by atoms with van der Waals surface area (Å²) in [6, 6.07) is 0. The average Bonchev–Trinajstić information content (AvgIpc) is 2.97. The summed E-state index contributed by atoms with van der Waals surface area (Å²) in [4.78, 5) is 0. The third-order valence-corrected chi connectivity index (χ3v) is 10.3. The lowest BCUT2D eigenvalue weighted by Gasteiger charge is -2.45. The third-order valence-electron chi connectivity index (χ3n) is 7.63. The van der Waals surface area contributed by atoms with Gasteiger partial charge in [0.05, 0.1) is 33.4 Å². The second-order valence-corrected chi connectivity index (χ2v) is 16.0. The van der Waals surface area contributed by atoms with E-state index in [1.165, 1.54) is 0 Å². The van der Waals surface area contributed by atoms with Gasteiger partial charge in [-0.05, 0) is 0 Å². The van der Waals surface area contributed by atoms with Crippen LogP contribution in [0.4, 0.5) is 110 Å². The van der Waals surface area contributed by atoms with Crippen molar-refractivity contribution in [3.05, 3.63) is 0 Å². The van der Waals surface area contributed by atoms with Crippen molar-refractivity contribution in [2.75, 3.05) is 52.6 Å². The monoisotopic (exact) mass is 967 g/mol. The van der Waals surface area contributed by atoms with Gasteiger partial charge in [0.15, 0.2) is 0 Å². The molecule has 9 nitrogen and oxygen atoms in total. The van der Waals surface area contributed by atoms with E-state index in [1.807, 2.05) is 0 Å². The topological polar surface area (TPSA) is 132 Å². The van der Waals surface area contributed by atoms with Gasteiger partial charge in [-0.3, -0.25) is 4.55 Å². The molecule has 0 aromatic heterocycles. The number of aliphatic hydroxyl groups is 2. The molecular weight excluding hydrogens is 943 g/mol. The lowest BCUT2D eigenvalue weighted by atomic mass is 9.85. The van der Waals surface area contributed by atoms with E-state index >= 15 is 0 Å². The van der Waals surface area contributed by atoms with Crippen LogP contribution in [0.25, 0.3) is 0 Å². The van der Waals surface area contributed by atoms with Crippen LogP contribution in [0.5, 0.6) is 0 Å². The Labute approximate surface area is 306 Å². The first-order chi connectivity index (χ1) is 24.8. The molecule has 350 valence electrons. The number of rotatable bonds is 22. The Morgan fingerprint density at radius 1 is 0.517 bits per heavy atom. The molecule has 3 N–H and O–H groups in total. The summed E-state index contributed by atoms with van der Waals surface area (Å²) in [5, 5.41) is 10.3. The van der Waals surface area contributed by atoms with Gasteiger partial charge in [-0.1, -0.05) is 0 Å². The van der Waals surface area contributed by atoms with E-state index < -0.39 is 144 Å². The molecule has 36 heteroatoms. The molecule has 0 bridgehead atoms. The van der Waals surface area contributed by atoms with Gasteiger partial charge >= 0.3 is 70.7 Å². The van der Waals surface area contributed by atoms with Gasteiger partial charge in [0.2, 0.25) is 0 Å². The van der Waals surface area contributed by atoms with Crippen LogP contribution in [-0.4, -0.2) is 170 Å². The molecule has 0 radical (unpaired) electrons. The van der Waals surface area contributed by atoms with Crippen LogP contribution in [0.2, 0.25) is 0 Å². The van der Waals surface area contributed by atoms with Gasteiger partial charge in [-0.2, -0.15) is 122 Å². The molecule has 0 aromatic carbocycles. The second kappa shape index (κ2) is 15.7. The van der Waals surface area contributed by atoms with Gasteiger partial charge in [0.25, 0.3) is 20.1 Å². The molecule has 0 saturated carbocycles. The van der Waals surface area contributed by atoms with Gasteiger partial charge in [-0.15, -0.1) is 0 Å². The number of hydrogen-bond donors (Lipinski definition) is 3. The largest absolute Gasteiger partial charge is 0.460 e. The van der Waals surface area contributed by atoms with Crippen LogP contribution in [0.15, 0.2) is 0 Å². The minimum Gasteiger partial charge on any atom is -0.391 e. The van der Waals surface area contributed by atoms with Crippen molar-refractivity contribution < 1.29 is 146 Å². The zero-order chi connectivity index (χ0) is 47.6. The van der Waals surface area contributed by atoms with Crippen LogP contribution >= 0.6 is 0 Å². The predicted molar refractivity (Wildman–Crippen MR) is 137 cm³/mol. The fourth-order valence-corrected chi connectivity index (χ4v) is 6.27. The molecule has 0 heterocycles. The highest BCUT2D eigenvalue weighted by atomic mass is 32.2. The minimum absolute atomic E-state index is 0.350. The highest BCUT2D eigenvalue weighted by Crippen LogP contribution is 2.68. The normalized spacial score (nSPS) is 16.9. The van der Waals surface area contributed by atoms with Crippen molar-refractivity contribution in [2.24, 2.45) is 0 Å². The fourth-order valence-electron chi connectivity index (χ4n) is 4.16. The van der Waals surface area contributed by atoms with E-state index in [0.29, 0.717) is 0 Å². The van der Waals surface area contributed by atoms with Crippen LogP contribution in [0.1, 0.15) is 6.42 Å². The SMILES string of the molecule is C[N+](C)(CCO)CCCN(CC(O)CS(=O)(=O)O)S(=O)(=O)C(F)(F)C(F)(F)C(F)(F)C(F)(F)C(F)(F)C(F)(F)C(F)(F)C(F)(F)C(F)(F)C(F)(F)C(F)(F)C(F)(F)F. The minimum atomic E-state index is -9.88. The summed E-state index contributed by atoms with van der Waals surface area (Å²) >= 11 is 0. The Balaban J connectivity index is 7.61. The molecule has 0 aliphatic carbocycles. The van der Waals surface area contributed by atoms with Crippen molar-refractivity contribution >= 4 is 20.1 Å². The van der Waals surface area contributed by atoms with E-state index in [-0.39, 0.29) is 6.54 Å². The summed E-state index contributed by atoms with van der Waals surface area (Å²) in [5.41, 5.74) is 0. The molecule has 0 amide bonds. The van der Waals surface area contributed by atoms with Crippen molar-refractivity contribution in [2.45, 2.75) is 83.2 Å². The first kappa shape index (κ1) is 55.9. The number of sulfonamides is 1. The summed E-state index contributed by atoms with van der Waals surface area (Å²) < 4.78 is 399. The molecule has 1 unspecified atom stereocenters. The summed E-state index contributed by atoms with van der Waals surface area (Å²) in [7, 11) is -11.5. The zero-order valence-corrected chi connectivity index (χ0v) is 29.3. The maximum atomic E-state index is 14.9. The molecule has 58 heavy (non-hydrogen) atoms. The molecule has 0 rings (SSSR count). The number of halogens is 25. The number of likely N-dealkylation sites (N-methyl/N-ethyl adjacent to an activating group) is 1. The van der Waals surface area contributed by atoms with Gasteiger partial charge in [0.1, 0.15) is 12.3 Å². The number of alkyl halides is 25. The van der Waals surface area contributed by atoms with E-state index in [9.17, 15) is 132 Å². The first-order valence-electron chi connectivity index (χ1n) is 14.0. The standard InChI is InChI=1S/C22H23F25N2O7S2/c1-49(2,6-7-50)5-3-4-48(8-10(51)9-57(52,53)54)58(55,56)22(46,47)20(41,42)18(37,38)16(33,34)14(29,30)12(25,26)11(23,24)13(27,28)15(31,32)17(35,36)19(39,40)21(43,44)45/h10,50-51H,3-9H2,1-2H3/p+1. The van der Waals surface area contributed by atoms with E-state index in [1.54, 1.807) is 0 Å². The molecule has 0 aromatic rings. The van der Waals surface area contributed by atoms with Gasteiger partial charge in [-0.25, -0.2) is 8.42 Å². The Morgan fingerprint density at radius 2 is 0.810 bits per heavy atom. The Bertz CT molecular complexity index is 1670. The molecule has 0 spiro atoms. The van der Waals surface area contributed by atoms with Gasteiger partial charge < -0.3 is 14.7 Å². The molecular formula is C22H24F25N2O7S2+. The van der Waals surface area contributed by atoms with E-state index in [0.717, 1.165) is 14.1 Å². The lowest BCUT2D eigenvalue weighted by Crippen LogP contribution is -2.78. The van der Waals surface area contributed by atoms with Crippen LogP contribution in [0, 0.1) is 0 Å². The summed E-state index contributed by atoms with van der Waals surface area (Å²) in [5.74, 6) is -97.3. The molecule has 0 aliphatic heterocycles. The number of aliphatic hydroxyl groups excluding tert-OH is 2. The number of nitrogens with zero attached hydrogens (tertiary/aromatic N) is 2. The number of quaternary nitrogens is 1. The quantitative estimate of drug-likeness (QED) is 0.0707. The Kier molecular flexibility index (Phi) is 15.1.